The van der Waals surface area contributed by atoms with E-state index in [0.717, 1.165) is 16.8 Å². The minimum Gasteiger partial charge on any atom is -0.351 e. The number of carbonyl (C=O) groups excluding carboxylic acids is 1. The molecular formula is C11H15N3OS. The van der Waals surface area contributed by atoms with Crippen molar-refractivity contribution in [1.29, 1.82) is 0 Å². The van der Waals surface area contributed by atoms with Crippen LogP contribution in [0.4, 0.5) is 10.5 Å². The van der Waals surface area contributed by atoms with Crippen molar-refractivity contribution in [2.75, 3.05) is 11.9 Å². The van der Waals surface area contributed by atoms with Crippen molar-refractivity contribution in [2.24, 2.45) is 5.73 Å². The molecule has 0 radical (unpaired) electrons. The molecule has 0 aromatic heterocycles. The molecule has 0 saturated heterocycles. The van der Waals surface area contributed by atoms with Crippen LogP contribution in [-0.2, 0) is 0 Å². The third kappa shape index (κ3) is 2.70. The number of anilines is 1. The van der Waals surface area contributed by atoms with Gasteiger partial charge in [-0.15, -0.1) is 0 Å². The summed E-state index contributed by atoms with van der Waals surface area (Å²) in [4.78, 5) is 12.5. The van der Waals surface area contributed by atoms with Gasteiger partial charge >= 0.3 is 6.03 Å². The lowest BCUT2D eigenvalue weighted by Crippen LogP contribution is -2.43. The van der Waals surface area contributed by atoms with Crippen molar-refractivity contribution in [3.05, 3.63) is 29.3 Å². The average Bonchev–Trinajstić information content (AvgIpc) is 2.16. The third-order valence-electron chi connectivity index (χ3n) is 2.31. The fraction of sp³-hybridized carbons (Fsp3) is 0.273. The zero-order valence-electron chi connectivity index (χ0n) is 9.57. The molecule has 0 bridgehead atoms. The minimum absolute atomic E-state index is 0.296. The normalized spacial score (nSPS) is 9.69. The van der Waals surface area contributed by atoms with Crippen LogP contribution >= 0.6 is 12.2 Å². The third-order valence-corrected chi connectivity index (χ3v) is 2.69. The van der Waals surface area contributed by atoms with Crippen LogP contribution in [0.2, 0.25) is 0 Å². The monoisotopic (exact) mass is 237 g/mol. The lowest BCUT2D eigenvalue weighted by molar-refractivity contribution is 0.253. The fourth-order valence-electron chi connectivity index (χ4n) is 1.63. The molecule has 0 spiro atoms. The first-order valence-corrected chi connectivity index (χ1v) is 5.24. The summed E-state index contributed by atoms with van der Waals surface area (Å²) in [6.07, 6.45) is 0. The van der Waals surface area contributed by atoms with Gasteiger partial charge in [0, 0.05) is 12.7 Å². The Labute approximate surface area is 100 Å². The van der Waals surface area contributed by atoms with Gasteiger partial charge in [0.1, 0.15) is 0 Å². The Morgan fingerprint density at radius 3 is 2.31 bits per heavy atom. The molecule has 2 amide bonds. The maximum atomic E-state index is 10.7. The van der Waals surface area contributed by atoms with Gasteiger partial charge in [-0.3, -0.25) is 5.32 Å². The summed E-state index contributed by atoms with van der Waals surface area (Å²) in [5.74, 6) is 0. The molecule has 1 rings (SSSR count). The van der Waals surface area contributed by atoms with E-state index in [-0.39, 0.29) is 0 Å². The largest absolute Gasteiger partial charge is 0.351 e. The number of aryl methyl sites for hydroxylation is 2. The number of thiocarbonyl (C=S) groups is 1. The lowest BCUT2D eigenvalue weighted by atomic mass is 10.1. The molecule has 0 heterocycles. The van der Waals surface area contributed by atoms with Crippen molar-refractivity contribution in [2.45, 2.75) is 13.8 Å². The zero-order valence-corrected chi connectivity index (χ0v) is 10.4. The summed E-state index contributed by atoms with van der Waals surface area (Å²) in [5, 5.41) is 2.69. The second kappa shape index (κ2) is 4.94. The first-order valence-electron chi connectivity index (χ1n) is 4.84. The number of amides is 2. The Morgan fingerprint density at radius 1 is 1.38 bits per heavy atom. The van der Waals surface area contributed by atoms with Gasteiger partial charge in [-0.05, 0) is 37.2 Å². The average molecular weight is 237 g/mol. The highest BCUT2D eigenvalue weighted by molar-refractivity contribution is 7.80. The Hall–Kier alpha value is -1.62. The van der Waals surface area contributed by atoms with Crippen LogP contribution in [0.15, 0.2) is 18.2 Å². The van der Waals surface area contributed by atoms with E-state index in [4.69, 9.17) is 18.0 Å². The summed E-state index contributed by atoms with van der Waals surface area (Å²) < 4.78 is 0. The van der Waals surface area contributed by atoms with Crippen molar-refractivity contribution >= 4 is 29.0 Å². The van der Waals surface area contributed by atoms with Gasteiger partial charge < -0.3 is 10.6 Å². The molecule has 0 saturated carbocycles. The number of hydrogen-bond acceptors (Lipinski definition) is 2. The van der Waals surface area contributed by atoms with Gasteiger partial charge in [0.05, 0.1) is 0 Å². The first kappa shape index (κ1) is 12.4. The van der Waals surface area contributed by atoms with Crippen LogP contribution in [0.5, 0.6) is 0 Å². The van der Waals surface area contributed by atoms with E-state index >= 15 is 0 Å². The standard InChI is InChI=1S/C11H15N3OS/c1-7-5-4-6-8(2)9(7)14(3)11(16)13-10(12)15/h4-6H,1-3H3,(H3,12,13,15,16). The van der Waals surface area contributed by atoms with E-state index in [2.05, 4.69) is 5.32 Å². The number of nitrogens with two attached hydrogens (primary N) is 1. The van der Waals surface area contributed by atoms with Gasteiger partial charge in [0.2, 0.25) is 0 Å². The van der Waals surface area contributed by atoms with E-state index < -0.39 is 6.03 Å². The molecule has 0 aliphatic heterocycles. The quantitative estimate of drug-likeness (QED) is 0.731. The number of para-hydroxylation sites is 1. The van der Waals surface area contributed by atoms with Crippen LogP contribution in [0, 0.1) is 13.8 Å². The van der Waals surface area contributed by atoms with E-state index in [1.807, 2.05) is 32.0 Å². The van der Waals surface area contributed by atoms with Gasteiger partial charge in [0.15, 0.2) is 5.11 Å². The number of hydrogen-bond donors (Lipinski definition) is 2. The Morgan fingerprint density at radius 2 is 1.88 bits per heavy atom. The number of nitrogens with one attached hydrogen (secondary N) is 1. The maximum Gasteiger partial charge on any atom is 0.318 e. The van der Waals surface area contributed by atoms with E-state index in [1.54, 1.807) is 11.9 Å². The summed E-state index contributed by atoms with van der Waals surface area (Å²) in [7, 11) is 1.80. The first-order chi connectivity index (χ1) is 7.43. The predicted molar refractivity (Wildman–Crippen MR) is 69.6 cm³/mol. The molecule has 0 unspecified atom stereocenters. The smallest absolute Gasteiger partial charge is 0.318 e. The maximum absolute atomic E-state index is 10.7. The van der Waals surface area contributed by atoms with Crippen LogP contribution in [0.25, 0.3) is 0 Å². The number of rotatable bonds is 1. The van der Waals surface area contributed by atoms with Gasteiger partial charge in [-0.2, -0.15) is 0 Å². The van der Waals surface area contributed by atoms with Crippen molar-refractivity contribution < 1.29 is 4.79 Å². The molecule has 0 aliphatic carbocycles. The summed E-state index contributed by atoms with van der Waals surface area (Å²) in [6, 6.07) is 5.31. The molecular weight excluding hydrogens is 222 g/mol. The van der Waals surface area contributed by atoms with Crippen LogP contribution < -0.4 is 16.0 Å². The molecule has 86 valence electrons. The predicted octanol–water partition coefficient (Wildman–Crippen LogP) is 1.69. The highest BCUT2D eigenvalue weighted by Gasteiger charge is 2.12. The lowest BCUT2D eigenvalue weighted by Gasteiger charge is -2.23. The molecule has 5 heteroatoms. The Balaban J connectivity index is 3.00. The number of primary amides is 1. The molecule has 16 heavy (non-hydrogen) atoms. The number of carbonyl (C=O) groups is 1. The number of benzene rings is 1. The molecule has 0 aliphatic rings. The molecule has 1 aromatic carbocycles. The van der Waals surface area contributed by atoms with Crippen LogP contribution in [-0.4, -0.2) is 18.2 Å². The minimum atomic E-state index is -0.650. The second-order valence-electron chi connectivity index (χ2n) is 3.59. The van der Waals surface area contributed by atoms with E-state index in [1.165, 1.54) is 0 Å². The molecule has 4 nitrogen and oxygen atoms in total. The number of urea groups is 1. The molecule has 0 fully saturated rings. The van der Waals surface area contributed by atoms with Crippen molar-refractivity contribution in [3.8, 4) is 0 Å². The summed E-state index contributed by atoms with van der Waals surface area (Å²) in [5.41, 5.74) is 8.20. The SMILES string of the molecule is Cc1cccc(C)c1N(C)C(=S)NC(N)=O. The summed E-state index contributed by atoms with van der Waals surface area (Å²) in [6.45, 7) is 3.98. The summed E-state index contributed by atoms with van der Waals surface area (Å²) >= 11 is 5.07. The molecule has 1 aromatic rings. The van der Waals surface area contributed by atoms with E-state index in [9.17, 15) is 4.79 Å². The highest BCUT2D eigenvalue weighted by atomic mass is 32.1. The Kier molecular flexibility index (Phi) is 3.84. The number of nitrogens with zero attached hydrogens (tertiary/aromatic N) is 1. The fourth-order valence-corrected chi connectivity index (χ4v) is 1.82. The van der Waals surface area contributed by atoms with Crippen molar-refractivity contribution in [1.82, 2.24) is 5.32 Å². The van der Waals surface area contributed by atoms with Gasteiger partial charge in [-0.25, -0.2) is 4.79 Å². The van der Waals surface area contributed by atoms with Gasteiger partial charge in [0.25, 0.3) is 0 Å². The van der Waals surface area contributed by atoms with E-state index in [0.29, 0.717) is 5.11 Å². The van der Waals surface area contributed by atoms with Crippen LogP contribution in [0.3, 0.4) is 0 Å². The zero-order chi connectivity index (χ0) is 12.3. The van der Waals surface area contributed by atoms with Crippen molar-refractivity contribution in [3.63, 3.8) is 0 Å². The van der Waals surface area contributed by atoms with Crippen LogP contribution in [0.1, 0.15) is 11.1 Å². The molecule has 0 atom stereocenters. The topological polar surface area (TPSA) is 58.4 Å². The Bertz CT molecular complexity index is 411. The molecule has 3 N–H and O–H groups in total. The van der Waals surface area contributed by atoms with Gasteiger partial charge in [-0.1, -0.05) is 18.2 Å². The second-order valence-corrected chi connectivity index (χ2v) is 3.98. The highest BCUT2D eigenvalue weighted by Crippen LogP contribution is 2.23.